The van der Waals surface area contributed by atoms with Crippen LogP contribution in [0.3, 0.4) is 0 Å². The number of methoxy groups -OCH3 is 1. The van der Waals surface area contributed by atoms with Crippen LogP contribution in [0.5, 0.6) is 5.75 Å². The molecule has 0 fully saturated rings. The van der Waals surface area contributed by atoms with Gasteiger partial charge in [-0.25, -0.2) is 0 Å². The molecule has 0 saturated heterocycles. The summed E-state index contributed by atoms with van der Waals surface area (Å²) in [6.45, 7) is 4.06. The van der Waals surface area contributed by atoms with Crippen LogP contribution in [0, 0.1) is 0 Å². The Morgan fingerprint density at radius 2 is 1.91 bits per heavy atom. The smallest absolute Gasteiger partial charge is 0.264 e. The van der Waals surface area contributed by atoms with Gasteiger partial charge in [-0.15, -0.1) is 6.58 Å². The van der Waals surface area contributed by atoms with Gasteiger partial charge in [-0.3, -0.25) is 4.79 Å². The Kier molecular flexibility index (Phi) is 3.92. The summed E-state index contributed by atoms with van der Waals surface area (Å²) in [6.07, 6.45) is 1.77. The molecule has 0 radical (unpaired) electrons. The second-order valence-corrected chi connectivity index (χ2v) is 5.61. The zero-order valence-electron chi connectivity index (χ0n) is 13.0. The highest BCUT2D eigenvalue weighted by Gasteiger charge is 2.48. The second-order valence-electron chi connectivity index (χ2n) is 5.61. The van der Waals surface area contributed by atoms with E-state index in [1.165, 1.54) is 0 Å². The van der Waals surface area contributed by atoms with Crippen molar-refractivity contribution >= 4 is 11.6 Å². The average Bonchev–Trinajstić information content (AvgIpc) is 2.78. The highest BCUT2D eigenvalue weighted by Crippen LogP contribution is 2.43. The molecule has 4 nitrogen and oxygen atoms in total. The molecule has 1 amide bonds. The minimum atomic E-state index is -1.52. The Balaban J connectivity index is 1.96. The summed E-state index contributed by atoms with van der Waals surface area (Å²) in [5.74, 6) is 0.458. The van der Waals surface area contributed by atoms with Gasteiger partial charge in [0.1, 0.15) is 5.75 Å². The van der Waals surface area contributed by atoms with E-state index in [0.29, 0.717) is 12.1 Å². The number of benzene rings is 2. The summed E-state index contributed by atoms with van der Waals surface area (Å²) in [5, 5.41) is 10.9. The van der Waals surface area contributed by atoms with E-state index in [9.17, 15) is 9.90 Å². The fourth-order valence-corrected chi connectivity index (χ4v) is 2.98. The van der Waals surface area contributed by atoms with Gasteiger partial charge in [0, 0.05) is 12.0 Å². The van der Waals surface area contributed by atoms with Crippen molar-refractivity contribution in [3.63, 3.8) is 0 Å². The first-order valence-corrected chi connectivity index (χ1v) is 7.48. The van der Waals surface area contributed by atoms with Crippen molar-refractivity contribution in [1.82, 2.24) is 0 Å². The summed E-state index contributed by atoms with van der Waals surface area (Å²) >= 11 is 0. The number of hydrogen-bond donors (Lipinski definition) is 1. The molecule has 0 spiro atoms. The van der Waals surface area contributed by atoms with Crippen molar-refractivity contribution in [2.75, 3.05) is 12.0 Å². The molecule has 4 heteroatoms. The van der Waals surface area contributed by atoms with E-state index in [4.69, 9.17) is 4.74 Å². The normalized spacial score (nSPS) is 19.6. The number of carbonyl (C=O) groups excluding carboxylic acids is 1. The molecule has 2 aromatic carbocycles. The van der Waals surface area contributed by atoms with Crippen LogP contribution in [0.2, 0.25) is 0 Å². The van der Waals surface area contributed by atoms with Gasteiger partial charge in [0.25, 0.3) is 5.91 Å². The van der Waals surface area contributed by atoms with Gasteiger partial charge in [-0.1, -0.05) is 36.4 Å². The fraction of sp³-hybridized carbons (Fsp3) is 0.211. The first kappa shape index (κ1) is 15.3. The van der Waals surface area contributed by atoms with Gasteiger partial charge < -0.3 is 14.7 Å². The third-order valence-electron chi connectivity index (χ3n) is 4.18. The van der Waals surface area contributed by atoms with E-state index >= 15 is 0 Å². The summed E-state index contributed by atoms with van der Waals surface area (Å²) in [5.41, 5.74) is 0.832. The lowest BCUT2D eigenvalue weighted by atomic mass is 9.92. The van der Waals surface area contributed by atoms with Gasteiger partial charge in [-0.05, 0) is 23.8 Å². The summed E-state index contributed by atoms with van der Waals surface area (Å²) in [7, 11) is 1.62. The number of aliphatic hydroxyl groups is 1. The highest BCUT2D eigenvalue weighted by atomic mass is 16.5. The van der Waals surface area contributed by atoms with E-state index in [-0.39, 0.29) is 12.3 Å². The highest BCUT2D eigenvalue weighted by molar-refractivity contribution is 6.06. The minimum Gasteiger partial charge on any atom is -0.497 e. The van der Waals surface area contributed by atoms with Crippen LogP contribution in [0.15, 0.2) is 61.2 Å². The van der Waals surface area contributed by atoms with E-state index < -0.39 is 5.60 Å². The number of fused-ring (bicyclic) bond motifs is 1. The third kappa shape index (κ3) is 2.51. The lowest BCUT2D eigenvalue weighted by molar-refractivity contribution is -0.135. The van der Waals surface area contributed by atoms with Gasteiger partial charge in [0.2, 0.25) is 0 Å². The first-order valence-electron chi connectivity index (χ1n) is 7.48. The molecule has 1 N–H and O–H groups in total. The Bertz CT molecular complexity index is 739. The number of nitrogens with zero attached hydrogens (tertiary/aromatic N) is 1. The van der Waals surface area contributed by atoms with Crippen LogP contribution in [0.4, 0.5) is 5.69 Å². The summed E-state index contributed by atoms with van der Waals surface area (Å²) in [6, 6.07) is 14.9. The molecule has 3 rings (SSSR count). The van der Waals surface area contributed by atoms with E-state index in [1.54, 1.807) is 24.2 Å². The molecule has 23 heavy (non-hydrogen) atoms. The van der Waals surface area contributed by atoms with Gasteiger partial charge in [-0.2, -0.15) is 0 Å². The Labute approximate surface area is 135 Å². The minimum absolute atomic E-state index is 0.196. The molecule has 0 saturated carbocycles. The number of amides is 1. The molecule has 1 aliphatic rings. The van der Waals surface area contributed by atoms with E-state index in [2.05, 4.69) is 6.58 Å². The zero-order chi connectivity index (χ0) is 16.4. The molecule has 1 atom stereocenters. The van der Waals surface area contributed by atoms with Crippen LogP contribution in [-0.4, -0.2) is 18.1 Å². The van der Waals surface area contributed by atoms with Gasteiger partial charge >= 0.3 is 0 Å². The molecule has 1 heterocycles. The molecule has 0 aliphatic carbocycles. The second kappa shape index (κ2) is 5.89. The topological polar surface area (TPSA) is 49.8 Å². The predicted octanol–water partition coefficient (Wildman–Crippen LogP) is 3.01. The number of rotatable bonds is 5. The van der Waals surface area contributed by atoms with Crippen molar-refractivity contribution < 1.29 is 14.6 Å². The summed E-state index contributed by atoms with van der Waals surface area (Å²) in [4.78, 5) is 14.4. The van der Waals surface area contributed by atoms with Crippen LogP contribution in [-0.2, 0) is 16.9 Å². The van der Waals surface area contributed by atoms with Gasteiger partial charge in [0.15, 0.2) is 5.60 Å². The molecule has 0 bridgehead atoms. The molecular weight excluding hydrogens is 290 g/mol. The van der Waals surface area contributed by atoms with Crippen molar-refractivity contribution in [3.8, 4) is 5.75 Å². The monoisotopic (exact) mass is 309 g/mol. The standard InChI is InChI=1S/C19H19NO3/c1-3-12-19(22)16-6-4-5-7-17(16)20(18(19)21)13-14-8-10-15(23-2)11-9-14/h3-11,22H,1,12-13H2,2H3. The van der Waals surface area contributed by atoms with Crippen molar-refractivity contribution in [2.24, 2.45) is 0 Å². The van der Waals surface area contributed by atoms with E-state index in [0.717, 1.165) is 17.0 Å². The van der Waals surface area contributed by atoms with Crippen molar-refractivity contribution in [1.29, 1.82) is 0 Å². The molecule has 1 unspecified atom stereocenters. The molecule has 118 valence electrons. The zero-order valence-corrected chi connectivity index (χ0v) is 13.0. The number of anilines is 1. The lowest BCUT2D eigenvalue weighted by Crippen LogP contribution is -2.39. The van der Waals surface area contributed by atoms with E-state index in [1.807, 2.05) is 42.5 Å². The fourth-order valence-electron chi connectivity index (χ4n) is 2.98. The Morgan fingerprint density at radius 3 is 2.57 bits per heavy atom. The van der Waals surface area contributed by atoms with Crippen molar-refractivity contribution in [3.05, 3.63) is 72.3 Å². The van der Waals surface area contributed by atoms with Crippen LogP contribution >= 0.6 is 0 Å². The van der Waals surface area contributed by atoms with Crippen LogP contribution < -0.4 is 9.64 Å². The molecular formula is C19H19NO3. The maximum Gasteiger partial charge on any atom is 0.264 e. The Morgan fingerprint density at radius 1 is 1.22 bits per heavy atom. The quantitative estimate of drug-likeness (QED) is 0.864. The maximum absolute atomic E-state index is 12.8. The van der Waals surface area contributed by atoms with Crippen LogP contribution in [0.25, 0.3) is 0 Å². The Hall–Kier alpha value is -2.59. The molecule has 2 aromatic rings. The lowest BCUT2D eigenvalue weighted by Gasteiger charge is -2.22. The van der Waals surface area contributed by atoms with Crippen LogP contribution in [0.1, 0.15) is 17.5 Å². The maximum atomic E-state index is 12.8. The summed E-state index contributed by atoms with van der Waals surface area (Å²) < 4.78 is 5.15. The number of hydrogen-bond acceptors (Lipinski definition) is 3. The molecule has 0 aromatic heterocycles. The largest absolute Gasteiger partial charge is 0.497 e. The third-order valence-corrected chi connectivity index (χ3v) is 4.18. The average molecular weight is 309 g/mol. The molecule has 1 aliphatic heterocycles. The number of ether oxygens (including phenoxy) is 1. The van der Waals surface area contributed by atoms with Gasteiger partial charge in [0.05, 0.1) is 19.3 Å². The number of para-hydroxylation sites is 1. The van der Waals surface area contributed by atoms with Crippen molar-refractivity contribution in [2.45, 2.75) is 18.6 Å². The predicted molar refractivity (Wildman–Crippen MR) is 89.3 cm³/mol. The first-order chi connectivity index (χ1) is 11.1. The number of carbonyl (C=O) groups is 1. The SMILES string of the molecule is C=CCC1(O)C(=O)N(Cc2ccc(OC)cc2)c2ccccc21.